The molecule has 0 aliphatic rings. The topological polar surface area (TPSA) is 38.3 Å². The second-order valence-electron chi connectivity index (χ2n) is 4.80. The van der Waals surface area contributed by atoms with E-state index in [0.29, 0.717) is 6.54 Å². The van der Waals surface area contributed by atoms with Gasteiger partial charge in [0, 0.05) is 6.54 Å². The van der Waals surface area contributed by atoms with Gasteiger partial charge in [0.1, 0.15) is 6.04 Å². The summed E-state index contributed by atoms with van der Waals surface area (Å²) in [6.07, 6.45) is 1.05. The van der Waals surface area contributed by atoms with Crippen molar-refractivity contribution < 1.29 is 9.53 Å². The van der Waals surface area contributed by atoms with Crippen LogP contribution in [0, 0.1) is 5.92 Å². The number of carbonyl (C=O) groups excluding carboxylic acids is 1. The number of hydrogen-bond acceptors (Lipinski definition) is 3. The van der Waals surface area contributed by atoms with E-state index < -0.39 is 0 Å². The molecule has 100 valence electrons. The minimum absolute atomic E-state index is 0.199. The van der Waals surface area contributed by atoms with Gasteiger partial charge in [-0.15, -0.1) is 0 Å². The van der Waals surface area contributed by atoms with Gasteiger partial charge in [-0.1, -0.05) is 45.0 Å². The summed E-state index contributed by atoms with van der Waals surface area (Å²) < 4.78 is 4.80. The summed E-state index contributed by atoms with van der Waals surface area (Å²) in [6, 6.07) is 8.20. The molecule has 3 heteroatoms. The molecule has 0 heterocycles. The Morgan fingerprint density at radius 3 is 2.22 bits per heavy atom. The SMILES string of the molecule is CCc1ccc(CN[C@@H](C(=O)OC)C(C)C)cc1. The first-order valence-corrected chi connectivity index (χ1v) is 6.47. The monoisotopic (exact) mass is 249 g/mol. The van der Waals surface area contributed by atoms with Gasteiger partial charge in [0.2, 0.25) is 0 Å². The van der Waals surface area contributed by atoms with Gasteiger partial charge in [-0.25, -0.2) is 0 Å². The quantitative estimate of drug-likeness (QED) is 0.787. The van der Waals surface area contributed by atoms with Crippen molar-refractivity contribution in [3.63, 3.8) is 0 Å². The lowest BCUT2D eigenvalue weighted by Gasteiger charge is -2.19. The zero-order valence-electron chi connectivity index (χ0n) is 11.7. The molecule has 1 N–H and O–H groups in total. The fraction of sp³-hybridized carbons (Fsp3) is 0.533. The van der Waals surface area contributed by atoms with Crippen LogP contribution >= 0.6 is 0 Å². The molecule has 0 aromatic heterocycles. The zero-order valence-corrected chi connectivity index (χ0v) is 11.7. The molecule has 1 atom stereocenters. The van der Waals surface area contributed by atoms with Crippen LogP contribution in [0.15, 0.2) is 24.3 Å². The molecule has 0 unspecified atom stereocenters. The molecular weight excluding hydrogens is 226 g/mol. The van der Waals surface area contributed by atoms with Crippen molar-refractivity contribution in [2.45, 2.75) is 39.8 Å². The highest BCUT2D eigenvalue weighted by atomic mass is 16.5. The number of esters is 1. The van der Waals surface area contributed by atoms with Crippen molar-refractivity contribution in [3.8, 4) is 0 Å². The molecule has 1 aromatic rings. The second kappa shape index (κ2) is 7.17. The van der Waals surface area contributed by atoms with E-state index in [4.69, 9.17) is 4.74 Å². The molecule has 18 heavy (non-hydrogen) atoms. The Morgan fingerprint density at radius 1 is 1.22 bits per heavy atom. The van der Waals surface area contributed by atoms with Crippen LogP contribution in [0.4, 0.5) is 0 Å². The van der Waals surface area contributed by atoms with Crippen LogP contribution in [0.2, 0.25) is 0 Å². The largest absolute Gasteiger partial charge is 0.468 e. The second-order valence-corrected chi connectivity index (χ2v) is 4.80. The summed E-state index contributed by atoms with van der Waals surface area (Å²) >= 11 is 0. The molecule has 1 aromatic carbocycles. The van der Waals surface area contributed by atoms with E-state index in [-0.39, 0.29) is 17.9 Å². The van der Waals surface area contributed by atoms with Crippen molar-refractivity contribution in [2.75, 3.05) is 7.11 Å². The molecule has 3 nitrogen and oxygen atoms in total. The highest BCUT2D eigenvalue weighted by Gasteiger charge is 2.21. The summed E-state index contributed by atoms with van der Waals surface area (Å²) in [5.74, 6) is 0.0162. The lowest BCUT2D eigenvalue weighted by Crippen LogP contribution is -2.41. The molecule has 0 aliphatic carbocycles. The number of methoxy groups -OCH3 is 1. The third-order valence-electron chi connectivity index (χ3n) is 3.08. The zero-order chi connectivity index (χ0) is 13.5. The molecule has 0 saturated carbocycles. The highest BCUT2D eigenvalue weighted by Crippen LogP contribution is 2.08. The van der Waals surface area contributed by atoms with Gasteiger partial charge in [-0.05, 0) is 23.5 Å². The molecule has 0 aliphatic heterocycles. The summed E-state index contributed by atoms with van der Waals surface area (Å²) in [6.45, 7) is 6.84. The van der Waals surface area contributed by atoms with E-state index in [1.807, 2.05) is 13.8 Å². The standard InChI is InChI=1S/C15H23NO2/c1-5-12-6-8-13(9-7-12)10-16-14(11(2)3)15(17)18-4/h6-9,11,14,16H,5,10H2,1-4H3/t14-/m1/s1. The van der Waals surface area contributed by atoms with Crippen LogP contribution in [-0.2, 0) is 22.5 Å². The number of benzene rings is 1. The first-order chi connectivity index (χ1) is 8.58. The Morgan fingerprint density at radius 2 is 1.78 bits per heavy atom. The molecule has 1 rings (SSSR count). The average molecular weight is 249 g/mol. The Kier molecular flexibility index (Phi) is 5.86. The third kappa shape index (κ3) is 4.15. The minimum Gasteiger partial charge on any atom is -0.468 e. The van der Waals surface area contributed by atoms with Gasteiger partial charge in [0.05, 0.1) is 7.11 Å². The molecule has 0 saturated heterocycles. The average Bonchev–Trinajstić information content (AvgIpc) is 2.39. The van der Waals surface area contributed by atoms with E-state index in [1.165, 1.54) is 18.2 Å². The molecular formula is C15H23NO2. The van der Waals surface area contributed by atoms with E-state index >= 15 is 0 Å². The lowest BCUT2D eigenvalue weighted by atomic mass is 10.0. The van der Waals surface area contributed by atoms with Gasteiger partial charge in [-0.3, -0.25) is 4.79 Å². The predicted octanol–water partition coefficient (Wildman–Crippen LogP) is 2.54. The number of hydrogen-bond donors (Lipinski definition) is 1. The van der Waals surface area contributed by atoms with Gasteiger partial charge in [0.15, 0.2) is 0 Å². The Labute approximate surface area is 110 Å². The fourth-order valence-corrected chi connectivity index (χ4v) is 1.84. The predicted molar refractivity (Wildman–Crippen MR) is 73.3 cm³/mol. The smallest absolute Gasteiger partial charge is 0.323 e. The number of aryl methyl sites for hydroxylation is 1. The maximum Gasteiger partial charge on any atom is 0.323 e. The minimum atomic E-state index is -0.249. The van der Waals surface area contributed by atoms with Gasteiger partial charge >= 0.3 is 5.97 Å². The van der Waals surface area contributed by atoms with Crippen molar-refractivity contribution in [1.82, 2.24) is 5.32 Å². The van der Waals surface area contributed by atoms with Crippen molar-refractivity contribution in [3.05, 3.63) is 35.4 Å². The van der Waals surface area contributed by atoms with Gasteiger partial charge in [-0.2, -0.15) is 0 Å². The van der Waals surface area contributed by atoms with Crippen LogP contribution < -0.4 is 5.32 Å². The van der Waals surface area contributed by atoms with Crippen LogP contribution in [0.5, 0.6) is 0 Å². The lowest BCUT2D eigenvalue weighted by molar-refractivity contribution is -0.144. The number of carbonyl (C=O) groups is 1. The van der Waals surface area contributed by atoms with E-state index in [0.717, 1.165) is 6.42 Å². The van der Waals surface area contributed by atoms with E-state index in [2.05, 4.69) is 36.5 Å². The van der Waals surface area contributed by atoms with Gasteiger partial charge in [0.25, 0.3) is 0 Å². The van der Waals surface area contributed by atoms with Crippen LogP contribution in [0.1, 0.15) is 31.9 Å². The van der Waals surface area contributed by atoms with Crippen molar-refractivity contribution in [1.29, 1.82) is 0 Å². The number of ether oxygens (including phenoxy) is 1. The summed E-state index contributed by atoms with van der Waals surface area (Å²) in [5, 5.41) is 3.25. The Balaban J connectivity index is 2.58. The first-order valence-electron chi connectivity index (χ1n) is 6.47. The first kappa shape index (κ1) is 14.7. The molecule has 0 spiro atoms. The van der Waals surface area contributed by atoms with Crippen LogP contribution in [0.25, 0.3) is 0 Å². The summed E-state index contributed by atoms with van der Waals surface area (Å²) in [7, 11) is 1.43. The summed E-state index contributed by atoms with van der Waals surface area (Å²) in [4.78, 5) is 11.6. The maximum absolute atomic E-state index is 11.6. The van der Waals surface area contributed by atoms with Crippen LogP contribution in [-0.4, -0.2) is 19.1 Å². The molecule has 0 amide bonds. The van der Waals surface area contributed by atoms with Gasteiger partial charge < -0.3 is 10.1 Å². The third-order valence-corrected chi connectivity index (χ3v) is 3.08. The normalized spacial score (nSPS) is 12.5. The Bertz CT molecular complexity index is 371. The number of nitrogens with one attached hydrogen (secondary N) is 1. The van der Waals surface area contributed by atoms with E-state index in [9.17, 15) is 4.79 Å². The molecule has 0 bridgehead atoms. The summed E-state index contributed by atoms with van der Waals surface area (Å²) in [5.41, 5.74) is 2.51. The Hall–Kier alpha value is -1.35. The molecule has 0 radical (unpaired) electrons. The van der Waals surface area contributed by atoms with Crippen molar-refractivity contribution >= 4 is 5.97 Å². The maximum atomic E-state index is 11.6. The van der Waals surface area contributed by atoms with Crippen LogP contribution in [0.3, 0.4) is 0 Å². The molecule has 0 fully saturated rings. The fourth-order valence-electron chi connectivity index (χ4n) is 1.84. The number of rotatable bonds is 6. The van der Waals surface area contributed by atoms with E-state index in [1.54, 1.807) is 0 Å². The van der Waals surface area contributed by atoms with Crippen molar-refractivity contribution in [2.24, 2.45) is 5.92 Å². The highest BCUT2D eigenvalue weighted by molar-refractivity contribution is 5.75.